The van der Waals surface area contributed by atoms with E-state index in [0.29, 0.717) is 19.4 Å². The Bertz CT molecular complexity index is 560. The number of unbranched alkanes of at least 4 members (excludes halogenated alkanes) is 2. The predicted molar refractivity (Wildman–Crippen MR) is 99.8 cm³/mol. The van der Waals surface area contributed by atoms with Gasteiger partial charge in [-0.3, -0.25) is 9.59 Å². The van der Waals surface area contributed by atoms with Gasteiger partial charge in [-0.1, -0.05) is 28.0 Å². The number of carbonyl (C=O) groups is 3. The van der Waals surface area contributed by atoms with Gasteiger partial charge in [0.25, 0.3) is 0 Å². The number of carbonyl (C=O) groups excluding carboxylic acids is 3. The normalized spacial score (nSPS) is 22.0. The Hall–Kier alpha value is -1.35. The monoisotopic (exact) mass is 387 g/mol. The Morgan fingerprint density at radius 3 is 2.76 bits per heavy atom. The molecule has 2 aliphatic heterocycles. The molecule has 1 fully saturated rings. The van der Waals surface area contributed by atoms with Crippen LogP contribution in [0, 0.1) is 0 Å². The van der Waals surface area contributed by atoms with Crippen LogP contribution in [0.1, 0.15) is 46.5 Å². The van der Waals surface area contributed by atoms with Crippen molar-refractivity contribution in [3.05, 3.63) is 11.1 Å². The second kappa shape index (κ2) is 8.84. The molecule has 25 heavy (non-hydrogen) atoms. The van der Waals surface area contributed by atoms with Gasteiger partial charge in [-0.05, 0) is 33.6 Å². The van der Waals surface area contributed by atoms with E-state index in [1.165, 1.54) is 0 Å². The van der Waals surface area contributed by atoms with E-state index >= 15 is 0 Å². The van der Waals surface area contributed by atoms with Crippen LogP contribution in [-0.2, 0) is 14.3 Å². The van der Waals surface area contributed by atoms with E-state index in [1.807, 2.05) is 26.2 Å². The molecule has 7 nitrogen and oxygen atoms in total. The van der Waals surface area contributed by atoms with Crippen molar-refractivity contribution in [1.29, 1.82) is 0 Å². The Kier molecular flexibility index (Phi) is 7.06. The van der Waals surface area contributed by atoms with Crippen molar-refractivity contribution in [3.8, 4) is 0 Å². The average molecular weight is 388 g/mol. The molecule has 140 valence electrons. The molecule has 0 aromatic carbocycles. The highest BCUT2D eigenvalue weighted by molar-refractivity contribution is 8.78. The molecule has 0 aromatic rings. The number of hydrogen-bond acceptors (Lipinski definition) is 6. The minimum absolute atomic E-state index is 0.000483. The second-order valence-corrected chi connectivity index (χ2v) is 9.24. The summed E-state index contributed by atoms with van der Waals surface area (Å²) in [5.41, 5.74) is 0.387. The third-order valence-corrected chi connectivity index (χ3v) is 6.00. The SMILES string of the molecule is CC(C)(C)OC(=O)NCCCCCC(=O)NC1C(=O)NC2=CSSC21. The average Bonchev–Trinajstić information content (AvgIpc) is 3.04. The molecular weight excluding hydrogens is 362 g/mol. The highest BCUT2D eigenvalue weighted by atomic mass is 33.1. The van der Waals surface area contributed by atoms with Gasteiger partial charge in [-0.2, -0.15) is 0 Å². The zero-order chi connectivity index (χ0) is 18.4. The zero-order valence-electron chi connectivity index (χ0n) is 14.7. The lowest BCUT2D eigenvalue weighted by Gasteiger charge is -2.19. The quantitative estimate of drug-likeness (QED) is 0.458. The molecule has 0 spiro atoms. The Morgan fingerprint density at radius 2 is 2.04 bits per heavy atom. The van der Waals surface area contributed by atoms with Crippen LogP contribution < -0.4 is 16.0 Å². The number of alkyl carbamates (subject to hydrolysis) is 1. The molecule has 2 atom stereocenters. The predicted octanol–water partition coefficient (Wildman–Crippen LogP) is 2.29. The third-order valence-electron chi connectivity index (χ3n) is 3.56. The Balaban J connectivity index is 1.55. The van der Waals surface area contributed by atoms with Crippen molar-refractivity contribution in [3.63, 3.8) is 0 Å². The molecule has 0 aliphatic carbocycles. The number of ether oxygens (including phenoxy) is 1. The summed E-state index contributed by atoms with van der Waals surface area (Å²) in [6, 6.07) is -0.479. The van der Waals surface area contributed by atoms with Gasteiger partial charge in [-0.25, -0.2) is 4.79 Å². The molecular formula is C16H25N3O4S2. The summed E-state index contributed by atoms with van der Waals surface area (Å²) in [7, 11) is 3.16. The summed E-state index contributed by atoms with van der Waals surface area (Å²) in [6.45, 7) is 5.97. The zero-order valence-corrected chi connectivity index (χ0v) is 16.4. The van der Waals surface area contributed by atoms with E-state index in [-0.39, 0.29) is 17.1 Å². The van der Waals surface area contributed by atoms with E-state index in [1.54, 1.807) is 21.6 Å². The maximum atomic E-state index is 12.0. The Labute approximate surface area is 155 Å². The molecule has 1 saturated heterocycles. The smallest absolute Gasteiger partial charge is 0.407 e. The molecule has 0 aromatic heterocycles. The van der Waals surface area contributed by atoms with E-state index in [0.717, 1.165) is 18.5 Å². The lowest BCUT2D eigenvalue weighted by Crippen LogP contribution is -2.44. The van der Waals surface area contributed by atoms with E-state index in [2.05, 4.69) is 16.0 Å². The van der Waals surface area contributed by atoms with Crippen LogP contribution in [0.25, 0.3) is 0 Å². The summed E-state index contributed by atoms with van der Waals surface area (Å²) >= 11 is 0. The van der Waals surface area contributed by atoms with Crippen molar-refractivity contribution in [1.82, 2.24) is 16.0 Å². The van der Waals surface area contributed by atoms with Crippen molar-refractivity contribution in [2.45, 2.75) is 63.3 Å². The van der Waals surface area contributed by atoms with Gasteiger partial charge < -0.3 is 20.7 Å². The largest absolute Gasteiger partial charge is 0.444 e. The van der Waals surface area contributed by atoms with Crippen LogP contribution >= 0.6 is 21.6 Å². The molecule has 2 unspecified atom stereocenters. The van der Waals surface area contributed by atoms with Crippen molar-refractivity contribution in [2.24, 2.45) is 0 Å². The van der Waals surface area contributed by atoms with Crippen molar-refractivity contribution >= 4 is 39.5 Å². The molecule has 2 heterocycles. The highest BCUT2D eigenvalue weighted by Gasteiger charge is 2.42. The van der Waals surface area contributed by atoms with Gasteiger partial charge in [0.2, 0.25) is 11.8 Å². The standard InChI is InChI=1S/C16H25N3O4S2/c1-16(2,3)23-15(22)17-8-6-4-5-7-11(20)19-12-13-10(9-24-25-13)18-14(12)21/h9,12-13H,4-8H2,1-3H3,(H,17,22)(H,18,21)(H,19,20). The summed E-state index contributed by atoms with van der Waals surface area (Å²) < 4.78 is 5.14. The molecule has 2 aliphatic rings. The minimum Gasteiger partial charge on any atom is -0.444 e. The summed E-state index contributed by atoms with van der Waals surface area (Å²) in [4.78, 5) is 35.3. The molecule has 9 heteroatoms. The number of amides is 3. The molecule has 2 rings (SSSR count). The highest BCUT2D eigenvalue weighted by Crippen LogP contribution is 2.43. The van der Waals surface area contributed by atoms with Crippen LogP contribution in [0.5, 0.6) is 0 Å². The number of rotatable bonds is 7. The fourth-order valence-corrected chi connectivity index (χ4v) is 5.02. The maximum Gasteiger partial charge on any atom is 0.407 e. The van der Waals surface area contributed by atoms with Crippen molar-refractivity contribution in [2.75, 3.05) is 6.54 Å². The first kappa shape index (κ1) is 20.0. The molecule has 3 amide bonds. The number of fused-ring (bicyclic) bond motifs is 1. The number of nitrogens with one attached hydrogen (secondary N) is 3. The van der Waals surface area contributed by atoms with E-state index in [9.17, 15) is 14.4 Å². The van der Waals surface area contributed by atoms with Gasteiger partial charge in [0.15, 0.2) is 0 Å². The molecule has 0 radical (unpaired) electrons. The second-order valence-electron chi connectivity index (χ2n) is 6.96. The molecule has 3 N–H and O–H groups in total. The van der Waals surface area contributed by atoms with Gasteiger partial charge in [-0.15, -0.1) is 0 Å². The van der Waals surface area contributed by atoms with Crippen LogP contribution in [0.3, 0.4) is 0 Å². The van der Waals surface area contributed by atoms with Crippen LogP contribution in [0.4, 0.5) is 4.79 Å². The van der Waals surface area contributed by atoms with Gasteiger partial charge in [0, 0.05) is 24.1 Å². The van der Waals surface area contributed by atoms with Gasteiger partial charge in [0.1, 0.15) is 11.6 Å². The first-order chi connectivity index (χ1) is 11.8. The number of hydrogen-bond donors (Lipinski definition) is 3. The lowest BCUT2D eigenvalue weighted by molar-refractivity contribution is -0.127. The minimum atomic E-state index is -0.500. The van der Waals surface area contributed by atoms with Crippen molar-refractivity contribution < 1.29 is 19.1 Å². The third kappa shape index (κ3) is 6.47. The first-order valence-electron chi connectivity index (χ1n) is 8.35. The molecule has 0 saturated carbocycles. The fraction of sp³-hybridized carbons (Fsp3) is 0.688. The summed E-state index contributed by atoms with van der Waals surface area (Å²) in [6.07, 6.45) is 2.26. The Morgan fingerprint density at radius 1 is 1.28 bits per heavy atom. The molecule has 0 bridgehead atoms. The van der Waals surface area contributed by atoms with Crippen LogP contribution in [0.15, 0.2) is 11.1 Å². The van der Waals surface area contributed by atoms with Crippen LogP contribution in [-0.4, -0.2) is 41.3 Å². The first-order valence-corrected chi connectivity index (χ1v) is 10.6. The lowest BCUT2D eigenvalue weighted by atomic mass is 10.1. The maximum absolute atomic E-state index is 12.0. The fourth-order valence-electron chi connectivity index (χ4n) is 2.43. The van der Waals surface area contributed by atoms with E-state index in [4.69, 9.17) is 4.74 Å². The van der Waals surface area contributed by atoms with Crippen LogP contribution in [0.2, 0.25) is 0 Å². The topological polar surface area (TPSA) is 96.5 Å². The van der Waals surface area contributed by atoms with Gasteiger partial charge >= 0.3 is 6.09 Å². The van der Waals surface area contributed by atoms with Gasteiger partial charge in [0.05, 0.1) is 5.25 Å². The van der Waals surface area contributed by atoms with E-state index < -0.39 is 17.7 Å². The summed E-state index contributed by atoms with van der Waals surface area (Å²) in [5, 5.41) is 10.2. The summed E-state index contributed by atoms with van der Waals surface area (Å²) in [5.74, 6) is -0.252.